The highest BCUT2D eigenvalue weighted by Crippen LogP contribution is 2.29. The fraction of sp³-hybridized carbons (Fsp3) is 0.233. The van der Waals surface area contributed by atoms with Crippen LogP contribution in [-0.4, -0.2) is 37.3 Å². The molecule has 0 amide bonds. The van der Waals surface area contributed by atoms with E-state index in [1.165, 1.54) is 6.07 Å². The second-order valence-corrected chi connectivity index (χ2v) is 10.1. The largest absolute Gasteiger partial charge is 0.478 e. The molecular formula is C30H31N3O5. The summed E-state index contributed by atoms with van der Waals surface area (Å²) in [4.78, 5) is 31.7. The van der Waals surface area contributed by atoms with E-state index in [-0.39, 0.29) is 11.6 Å². The Morgan fingerprint density at radius 1 is 0.947 bits per heavy atom. The number of carbonyl (C=O) groups is 2. The molecule has 4 aromatic rings. The lowest BCUT2D eigenvalue weighted by Gasteiger charge is -2.19. The first-order chi connectivity index (χ1) is 17.9. The van der Waals surface area contributed by atoms with Crippen LogP contribution >= 0.6 is 0 Å². The Labute approximate surface area is 221 Å². The van der Waals surface area contributed by atoms with E-state index in [1.54, 1.807) is 42.2 Å². The van der Waals surface area contributed by atoms with Gasteiger partial charge in [0.25, 0.3) is 6.01 Å². The van der Waals surface area contributed by atoms with E-state index in [2.05, 4.69) is 9.97 Å². The fourth-order valence-corrected chi connectivity index (χ4v) is 4.09. The third kappa shape index (κ3) is 5.86. The van der Waals surface area contributed by atoms with Crippen LogP contribution in [0.3, 0.4) is 0 Å². The van der Waals surface area contributed by atoms with Crippen molar-refractivity contribution < 1.29 is 24.2 Å². The van der Waals surface area contributed by atoms with Gasteiger partial charge < -0.3 is 19.6 Å². The van der Waals surface area contributed by atoms with Gasteiger partial charge in [0.1, 0.15) is 11.4 Å². The van der Waals surface area contributed by atoms with Crippen molar-refractivity contribution >= 4 is 23.0 Å². The van der Waals surface area contributed by atoms with E-state index >= 15 is 0 Å². The molecule has 0 spiro atoms. The highest BCUT2D eigenvalue weighted by molar-refractivity contribution is 5.94. The number of H-pyrrole nitrogens is 1. The average molecular weight is 514 g/mol. The fourth-order valence-electron chi connectivity index (χ4n) is 4.09. The molecule has 2 N–H and O–H groups in total. The number of carboxylic acids is 1. The number of ether oxygens (including phenoxy) is 2. The monoisotopic (exact) mass is 513 g/mol. The van der Waals surface area contributed by atoms with Crippen LogP contribution in [0.1, 0.15) is 47.8 Å². The van der Waals surface area contributed by atoms with Gasteiger partial charge in [-0.3, -0.25) is 4.57 Å². The molecule has 38 heavy (non-hydrogen) atoms. The molecule has 8 heteroatoms. The minimum Gasteiger partial charge on any atom is -0.478 e. The van der Waals surface area contributed by atoms with Crippen LogP contribution in [0.15, 0.2) is 67.1 Å². The van der Waals surface area contributed by atoms with E-state index in [0.717, 1.165) is 33.2 Å². The van der Waals surface area contributed by atoms with Gasteiger partial charge >= 0.3 is 12.1 Å². The maximum absolute atomic E-state index is 12.9. The third-order valence-electron chi connectivity index (χ3n) is 5.96. The van der Waals surface area contributed by atoms with Crippen LogP contribution in [0.2, 0.25) is 0 Å². The summed E-state index contributed by atoms with van der Waals surface area (Å²) in [5, 5.41) is 10.4. The first-order valence-corrected chi connectivity index (χ1v) is 12.2. The van der Waals surface area contributed by atoms with Gasteiger partial charge in [-0.2, -0.15) is 0 Å². The summed E-state index contributed by atoms with van der Waals surface area (Å²) in [5.74, 6) is -0.666. The summed E-state index contributed by atoms with van der Waals surface area (Å²) in [6.45, 7) is 11.2. The lowest BCUT2D eigenvalue weighted by molar-refractivity contribution is 0.0543. The van der Waals surface area contributed by atoms with Gasteiger partial charge in [0.15, 0.2) is 0 Å². The Bertz CT molecular complexity index is 1590. The number of carbonyl (C=O) groups excluding carboxylic acids is 1. The highest BCUT2D eigenvalue weighted by atomic mass is 16.6. The van der Waals surface area contributed by atoms with Gasteiger partial charge in [-0.1, -0.05) is 18.2 Å². The molecule has 0 bridgehead atoms. The van der Waals surface area contributed by atoms with Crippen molar-refractivity contribution in [2.45, 2.75) is 47.1 Å². The van der Waals surface area contributed by atoms with Crippen LogP contribution in [0.4, 0.5) is 4.79 Å². The number of rotatable bonds is 4. The Kier molecular flexibility index (Phi) is 7.26. The number of aromatic amines is 1. The molecule has 196 valence electrons. The Balaban J connectivity index is 1.72. The summed E-state index contributed by atoms with van der Waals surface area (Å²) in [5.41, 5.74) is 4.71. The van der Waals surface area contributed by atoms with Crippen molar-refractivity contribution in [3.63, 3.8) is 0 Å². The number of aromatic carboxylic acids is 1. The lowest BCUT2D eigenvalue weighted by Crippen LogP contribution is -2.26. The molecular weight excluding hydrogens is 482 g/mol. The zero-order valence-electron chi connectivity index (χ0n) is 22.3. The molecule has 0 fully saturated rings. The van der Waals surface area contributed by atoms with E-state index in [1.807, 2.05) is 65.0 Å². The van der Waals surface area contributed by atoms with E-state index in [9.17, 15) is 14.7 Å². The van der Waals surface area contributed by atoms with Crippen molar-refractivity contribution in [2.75, 3.05) is 0 Å². The number of fused-ring (bicyclic) bond motifs is 1. The third-order valence-corrected chi connectivity index (χ3v) is 5.96. The van der Waals surface area contributed by atoms with Crippen LogP contribution < -0.4 is 4.74 Å². The van der Waals surface area contributed by atoms with Gasteiger partial charge in [0, 0.05) is 24.0 Å². The number of hydrogen-bond acceptors (Lipinski definition) is 5. The second-order valence-electron chi connectivity index (χ2n) is 10.1. The molecule has 0 saturated carbocycles. The summed E-state index contributed by atoms with van der Waals surface area (Å²) in [6, 6.07) is 14.8. The zero-order valence-corrected chi connectivity index (χ0v) is 22.3. The first kappa shape index (κ1) is 26.5. The van der Waals surface area contributed by atoms with E-state index in [0.29, 0.717) is 11.3 Å². The van der Waals surface area contributed by atoms with Gasteiger partial charge in [-0.05, 0) is 99.7 Å². The Morgan fingerprint density at radius 2 is 1.71 bits per heavy atom. The van der Waals surface area contributed by atoms with Crippen LogP contribution in [0, 0.1) is 20.8 Å². The Morgan fingerprint density at radius 3 is 2.42 bits per heavy atom. The molecule has 4 rings (SSSR count). The Hall–Kier alpha value is -4.59. The molecule has 2 heterocycles. The summed E-state index contributed by atoms with van der Waals surface area (Å²) in [7, 11) is 0. The SMILES string of the molecule is Cc1ccc(Oc2nccc(-c3ccc4c(C)cn(C(=O)OC(C)(C)C)c4c3)c(C)cc[nH]2)cc1C(=O)O. The second kappa shape index (κ2) is 10.4. The predicted molar refractivity (Wildman–Crippen MR) is 146 cm³/mol. The summed E-state index contributed by atoms with van der Waals surface area (Å²) >= 11 is 0. The number of nitrogens with zero attached hydrogens (tertiary/aromatic N) is 2. The molecule has 0 unspecified atom stereocenters. The number of hydrogen-bond donors (Lipinski definition) is 2. The lowest BCUT2D eigenvalue weighted by atomic mass is 10.0. The van der Waals surface area contributed by atoms with Crippen molar-refractivity contribution in [2.24, 2.45) is 0 Å². The average Bonchev–Trinajstić information content (AvgIpc) is 3.20. The molecule has 0 aliphatic carbocycles. The predicted octanol–water partition coefficient (Wildman–Crippen LogP) is 7.35. The first-order valence-electron chi connectivity index (χ1n) is 12.2. The maximum Gasteiger partial charge on any atom is 0.419 e. The van der Waals surface area contributed by atoms with Crippen LogP contribution in [0.25, 0.3) is 22.0 Å². The molecule has 2 aromatic heterocycles. The topological polar surface area (TPSA) is 106 Å². The van der Waals surface area contributed by atoms with Gasteiger partial charge in [0.2, 0.25) is 0 Å². The van der Waals surface area contributed by atoms with Crippen molar-refractivity contribution in [1.82, 2.24) is 14.5 Å². The number of carboxylic acid groups (broad SMARTS) is 1. The van der Waals surface area contributed by atoms with Gasteiger partial charge in [-0.15, -0.1) is 0 Å². The molecule has 0 atom stereocenters. The van der Waals surface area contributed by atoms with Crippen molar-refractivity contribution in [3.05, 3.63) is 89.4 Å². The standard InChI is InChI=1S/C30H31N3O5/c1-18-7-9-22(16-25(18)27(34)35)37-28-31-13-11-19(2)23(12-14-32-28)21-8-10-24-20(3)17-33(26(24)15-21)29(36)38-30(4,5)6/h7-17H,1-6H3,(H,31,32)(H,34,35). The molecule has 2 aromatic carbocycles. The molecule has 0 radical (unpaired) electrons. The number of aryl methyl sites for hydroxylation is 3. The number of benzene rings is 2. The number of nitrogens with one attached hydrogen (secondary N) is 1. The quantitative estimate of drug-likeness (QED) is 0.295. The zero-order chi connectivity index (χ0) is 27.6. The number of aromatic nitrogens is 3. The molecule has 0 saturated heterocycles. The maximum atomic E-state index is 12.9. The minimum atomic E-state index is -1.02. The van der Waals surface area contributed by atoms with E-state index in [4.69, 9.17) is 9.47 Å². The highest BCUT2D eigenvalue weighted by Gasteiger charge is 2.20. The summed E-state index contributed by atoms with van der Waals surface area (Å²) < 4.78 is 13.0. The van der Waals surface area contributed by atoms with Crippen LogP contribution in [0.5, 0.6) is 11.8 Å². The molecule has 8 nitrogen and oxygen atoms in total. The summed E-state index contributed by atoms with van der Waals surface area (Å²) in [6.07, 6.45) is 4.69. The van der Waals surface area contributed by atoms with Gasteiger partial charge in [-0.25, -0.2) is 14.6 Å². The van der Waals surface area contributed by atoms with Crippen LogP contribution in [-0.2, 0) is 4.74 Å². The van der Waals surface area contributed by atoms with Crippen molar-refractivity contribution in [3.8, 4) is 22.9 Å². The molecule has 0 aliphatic heterocycles. The van der Waals surface area contributed by atoms with E-state index < -0.39 is 17.7 Å². The van der Waals surface area contributed by atoms with Gasteiger partial charge in [0.05, 0.1) is 11.1 Å². The molecule has 0 aliphatic rings. The smallest absolute Gasteiger partial charge is 0.419 e. The normalized spacial score (nSPS) is 11.2. The minimum absolute atomic E-state index is 0.166. The van der Waals surface area contributed by atoms with Crippen molar-refractivity contribution in [1.29, 1.82) is 0 Å².